The molecule has 0 fully saturated rings. The lowest BCUT2D eigenvalue weighted by atomic mass is 10.2. The smallest absolute Gasteiger partial charge is 0.412 e. The van der Waals surface area contributed by atoms with E-state index in [1.54, 1.807) is 57.2 Å². The molecule has 1 heterocycles. The van der Waals surface area contributed by atoms with Crippen LogP contribution >= 0.6 is 0 Å². The molecule has 182 valence electrons. The van der Waals surface area contributed by atoms with Gasteiger partial charge in [-0.15, -0.1) is 0 Å². The maximum Gasteiger partial charge on any atom is 0.412 e. The van der Waals surface area contributed by atoms with Crippen molar-refractivity contribution in [2.75, 3.05) is 17.2 Å². The zero-order valence-corrected chi connectivity index (χ0v) is 20.4. The van der Waals surface area contributed by atoms with Gasteiger partial charge in [0.15, 0.2) is 0 Å². The van der Waals surface area contributed by atoms with Crippen molar-refractivity contribution in [3.63, 3.8) is 0 Å². The third-order valence-electron chi connectivity index (χ3n) is 4.82. The molecular formula is C24H30N4O5S. The molecule has 2 aromatic carbocycles. The monoisotopic (exact) mass is 486 g/mol. The van der Waals surface area contributed by atoms with Crippen molar-refractivity contribution in [2.24, 2.45) is 4.99 Å². The van der Waals surface area contributed by atoms with Crippen LogP contribution in [0, 0.1) is 0 Å². The van der Waals surface area contributed by atoms with Crippen molar-refractivity contribution in [1.82, 2.24) is 4.72 Å². The van der Waals surface area contributed by atoms with Crippen molar-refractivity contribution < 1.29 is 22.7 Å². The zero-order valence-electron chi connectivity index (χ0n) is 19.6. The van der Waals surface area contributed by atoms with Gasteiger partial charge in [-0.05, 0) is 76.1 Å². The topological polar surface area (TPSA) is 126 Å². The third-order valence-corrected chi connectivity index (χ3v) is 6.20. The summed E-state index contributed by atoms with van der Waals surface area (Å²) in [5.74, 6) is 0.0477. The molecule has 3 N–H and O–H groups in total. The Morgan fingerprint density at radius 2 is 1.68 bits per heavy atom. The number of anilines is 2. The lowest BCUT2D eigenvalue weighted by molar-refractivity contribution is 0.0635. The highest BCUT2D eigenvalue weighted by Crippen LogP contribution is 2.18. The first-order valence-electron chi connectivity index (χ1n) is 11.1. The number of hydrogen-bond acceptors (Lipinski definition) is 6. The predicted molar refractivity (Wildman–Crippen MR) is 132 cm³/mol. The minimum atomic E-state index is -3.81. The molecule has 0 aromatic heterocycles. The van der Waals surface area contributed by atoms with Crippen LogP contribution in [0.15, 0.2) is 58.4 Å². The van der Waals surface area contributed by atoms with E-state index in [4.69, 9.17) is 4.74 Å². The Kier molecular flexibility index (Phi) is 7.93. The van der Waals surface area contributed by atoms with E-state index in [-0.39, 0.29) is 4.90 Å². The van der Waals surface area contributed by atoms with E-state index in [1.165, 1.54) is 12.1 Å². The number of nitrogens with one attached hydrogen (secondary N) is 3. The molecule has 0 saturated heterocycles. The van der Waals surface area contributed by atoms with Crippen LogP contribution in [-0.4, -0.2) is 38.4 Å². The van der Waals surface area contributed by atoms with Crippen LogP contribution in [0.2, 0.25) is 0 Å². The predicted octanol–water partition coefficient (Wildman–Crippen LogP) is 4.54. The third kappa shape index (κ3) is 7.58. The molecule has 0 radical (unpaired) electrons. The van der Waals surface area contributed by atoms with Gasteiger partial charge in [0.05, 0.1) is 4.90 Å². The fourth-order valence-corrected chi connectivity index (χ4v) is 4.38. The number of rotatable bonds is 5. The first kappa shape index (κ1) is 25.2. The number of ether oxygens (including phenoxy) is 1. The van der Waals surface area contributed by atoms with E-state index in [0.29, 0.717) is 35.7 Å². The molecule has 0 saturated carbocycles. The summed E-state index contributed by atoms with van der Waals surface area (Å²) in [6.45, 7) is 5.91. The fourth-order valence-electron chi connectivity index (χ4n) is 3.24. The summed E-state index contributed by atoms with van der Waals surface area (Å²) in [7, 11) is -3.81. The molecule has 10 heteroatoms. The van der Waals surface area contributed by atoms with E-state index in [9.17, 15) is 18.0 Å². The standard InChI is InChI=1S/C24H30N4O5S/c1-24(2,3)33-23(30)27-18-13-11-17(12-14-18)22(29)26-19-8-7-9-20(16-19)34(31,32)28-21-10-5-4-6-15-25-21/h7-9,11-14,16H,4-6,10,15H2,1-3H3,(H,25,28)(H,26,29)(H,27,30). The maximum atomic E-state index is 12.8. The van der Waals surface area contributed by atoms with Gasteiger partial charge in [0.2, 0.25) is 0 Å². The Morgan fingerprint density at radius 1 is 0.941 bits per heavy atom. The molecular weight excluding hydrogens is 456 g/mol. The quantitative estimate of drug-likeness (QED) is 0.572. The Hall–Kier alpha value is -3.40. The summed E-state index contributed by atoms with van der Waals surface area (Å²) < 4.78 is 33.3. The van der Waals surface area contributed by atoms with E-state index in [0.717, 1.165) is 19.3 Å². The molecule has 3 rings (SSSR count). The van der Waals surface area contributed by atoms with Crippen LogP contribution in [0.1, 0.15) is 56.8 Å². The van der Waals surface area contributed by atoms with E-state index in [2.05, 4.69) is 20.3 Å². The SMILES string of the molecule is CC(C)(C)OC(=O)Nc1ccc(C(=O)Nc2cccc(S(=O)(=O)NC3=NCCCCC3)c2)cc1. The highest BCUT2D eigenvalue weighted by molar-refractivity contribution is 7.90. The van der Waals surface area contributed by atoms with Gasteiger partial charge in [0, 0.05) is 29.9 Å². The van der Waals surface area contributed by atoms with E-state index < -0.39 is 27.6 Å². The fraction of sp³-hybridized carbons (Fsp3) is 0.375. The summed E-state index contributed by atoms with van der Waals surface area (Å²) in [5.41, 5.74) is 0.539. The van der Waals surface area contributed by atoms with Crippen molar-refractivity contribution in [1.29, 1.82) is 0 Å². The van der Waals surface area contributed by atoms with Gasteiger partial charge in [-0.1, -0.05) is 12.5 Å². The number of amides is 2. The second-order valence-corrected chi connectivity index (χ2v) is 10.6. The van der Waals surface area contributed by atoms with Crippen molar-refractivity contribution >= 4 is 39.2 Å². The molecule has 2 amide bonds. The molecule has 9 nitrogen and oxygen atoms in total. The molecule has 2 aromatic rings. The van der Waals surface area contributed by atoms with Crippen LogP contribution in [-0.2, 0) is 14.8 Å². The van der Waals surface area contributed by atoms with Gasteiger partial charge in [0.1, 0.15) is 11.4 Å². The number of benzene rings is 2. The Balaban J connectivity index is 1.64. The van der Waals surface area contributed by atoms with Crippen LogP contribution < -0.4 is 15.4 Å². The van der Waals surface area contributed by atoms with Gasteiger partial charge in [-0.25, -0.2) is 13.2 Å². The Bertz CT molecular complexity index is 1170. The van der Waals surface area contributed by atoms with Gasteiger partial charge >= 0.3 is 6.09 Å². The zero-order chi connectivity index (χ0) is 24.8. The Morgan fingerprint density at radius 3 is 2.38 bits per heavy atom. The second kappa shape index (κ2) is 10.7. The largest absolute Gasteiger partial charge is 0.444 e. The normalized spacial score (nSPS) is 14.4. The molecule has 1 aliphatic rings. The Labute approximate surface area is 200 Å². The van der Waals surface area contributed by atoms with Crippen molar-refractivity contribution in [3.05, 3.63) is 54.1 Å². The summed E-state index contributed by atoms with van der Waals surface area (Å²) in [4.78, 5) is 28.9. The lowest BCUT2D eigenvalue weighted by Gasteiger charge is -2.19. The minimum absolute atomic E-state index is 0.0363. The first-order chi connectivity index (χ1) is 16.0. The summed E-state index contributed by atoms with van der Waals surface area (Å²) in [5, 5.41) is 5.30. The van der Waals surface area contributed by atoms with Gasteiger partial charge in [0.25, 0.3) is 15.9 Å². The molecule has 0 spiro atoms. The van der Waals surface area contributed by atoms with Gasteiger partial charge < -0.3 is 10.1 Å². The molecule has 0 atom stereocenters. The highest BCUT2D eigenvalue weighted by atomic mass is 32.2. The molecule has 34 heavy (non-hydrogen) atoms. The van der Waals surface area contributed by atoms with E-state index in [1.807, 2.05) is 0 Å². The first-order valence-corrected chi connectivity index (χ1v) is 12.6. The van der Waals surface area contributed by atoms with Crippen molar-refractivity contribution in [3.8, 4) is 0 Å². The van der Waals surface area contributed by atoms with Crippen LogP contribution in [0.3, 0.4) is 0 Å². The van der Waals surface area contributed by atoms with Gasteiger partial charge in [-0.3, -0.25) is 19.8 Å². The number of hydrogen-bond donors (Lipinski definition) is 3. The number of carbonyl (C=O) groups is 2. The number of sulfonamides is 1. The molecule has 0 bridgehead atoms. The average molecular weight is 487 g/mol. The lowest BCUT2D eigenvalue weighted by Crippen LogP contribution is -2.30. The average Bonchev–Trinajstić information content (AvgIpc) is 3.01. The van der Waals surface area contributed by atoms with Gasteiger partial charge in [-0.2, -0.15) is 0 Å². The van der Waals surface area contributed by atoms with Crippen LogP contribution in [0.5, 0.6) is 0 Å². The van der Waals surface area contributed by atoms with Crippen molar-refractivity contribution in [2.45, 2.75) is 57.0 Å². The number of carbonyl (C=O) groups excluding carboxylic acids is 2. The summed E-state index contributed by atoms with van der Waals surface area (Å²) >= 11 is 0. The maximum absolute atomic E-state index is 12.8. The second-order valence-electron chi connectivity index (χ2n) is 8.93. The highest BCUT2D eigenvalue weighted by Gasteiger charge is 2.19. The number of nitrogens with zero attached hydrogens (tertiary/aromatic N) is 1. The molecule has 0 aliphatic carbocycles. The molecule has 0 unspecified atom stereocenters. The summed E-state index contributed by atoms with van der Waals surface area (Å²) in [6, 6.07) is 12.3. The summed E-state index contributed by atoms with van der Waals surface area (Å²) in [6.07, 6.45) is 2.86. The van der Waals surface area contributed by atoms with Crippen LogP contribution in [0.25, 0.3) is 0 Å². The molecule has 1 aliphatic heterocycles. The number of aliphatic imine (C=N–C) groups is 1. The number of amidine groups is 1. The minimum Gasteiger partial charge on any atom is -0.444 e. The van der Waals surface area contributed by atoms with Crippen LogP contribution in [0.4, 0.5) is 16.2 Å². The van der Waals surface area contributed by atoms with E-state index >= 15 is 0 Å².